The number of nitrogens with zero attached hydrogens (tertiary/aromatic N) is 1. The summed E-state index contributed by atoms with van der Waals surface area (Å²) in [5.74, 6) is 0.294. The number of hydrogen-bond acceptors (Lipinski definition) is 6. The average Bonchev–Trinajstić information content (AvgIpc) is 2.97. The van der Waals surface area contributed by atoms with Crippen molar-refractivity contribution in [1.82, 2.24) is 10.2 Å². The van der Waals surface area contributed by atoms with Crippen LogP contribution in [0.3, 0.4) is 0 Å². The molecule has 1 amide bonds. The Hall–Kier alpha value is -1.83. The molecule has 26 heavy (non-hydrogen) atoms. The molecular weight excluding hydrogens is 336 g/mol. The van der Waals surface area contributed by atoms with E-state index < -0.39 is 6.09 Å². The number of ether oxygens (including phenoxy) is 3. The van der Waals surface area contributed by atoms with Crippen LogP contribution in [0.5, 0.6) is 5.75 Å². The van der Waals surface area contributed by atoms with Crippen LogP contribution in [-0.2, 0) is 20.8 Å². The summed E-state index contributed by atoms with van der Waals surface area (Å²) in [4.78, 5) is 14.2. The van der Waals surface area contributed by atoms with Gasteiger partial charge in [0, 0.05) is 26.6 Å². The lowest BCUT2D eigenvalue weighted by molar-refractivity contribution is -0.0534. The molecule has 2 heterocycles. The van der Waals surface area contributed by atoms with E-state index in [-0.39, 0.29) is 18.2 Å². The summed E-state index contributed by atoms with van der Waals surface area (Å²) in [5.41, 5.74) is 0.885. The molecule has 7 nitrogen and oxygen atoms in total. The number of piperidine rings is 1. The predicted octanol–water partition coefficient (Wildman–Crippen LogP) is 1.89. The zero-order valence-electron chi connectivity index (χ0n) is 15.3. The number of hydrogen-bond donors (Lipinski definition) is 2. The molecule has 2 aliphatic rings. The molecule has 0 radical (unpaired) electrons. The number of carbonyl (C=O) groups excluding carboxylic acids is 1. The fourth-order valence-electron chi connectivity index (χ4n) is 3.89. The van der Waals surface area contributed by atoms with Gasteiger partial charge < -0.3 is 24.6 Å². The smallest absolute Gasteiger partial charge is 0.407 e. The largest absolute Gasteiger partial charge is 0.508 e. The van der Waals surface area contributed by atoms with E-state index in [0.29, 0.717) is 19.0 Å². The Morgan fingerprint density at radius 2 is 2.35 bits per heavy atom. The normalized spacial score (nSPS) is 26.1. The summed E-state index contributed by atoms with van der Waals surface area (Å²) in [6.07, 6.45) is 2.44. The zero-order valence-corrected chi connectivity index (χ0v) is 15.3. The molecule has 0 saturated carbocycles. The van der Waals surface area contributed by atoms with Crippen molar-refractivity contribution in [2.45, 2.75) is 37.5 Å². The van der Waals surface area contributed by atoms with Crippen molar-refractivity contribution in [2.24, 2.45) is 0 Å². The molecule has 0 aliphatic carbocycles. The highest BCUT2D eigenvalue weighted by Crippen LogP contribution is 2.35. The van der Waals surface area contributed by atoms with Gasteiger partial charge in [0.25, 0.3) is 0 Å². The van der Waals surface area contributed by atoms with Crippen LogP contribution in [0.25, 0.3) is 0 Å². The molecule has 0 bridgehead atoms. The molecule has 2 saturated heterocycles. The summed E-state index contributed by atoms with van der Waals surface area (Å²) in [6.45, 7) is 3.79. The number of phenolic OH excluding ortho intramolecular Hbond substituents is 1. The molecule has 7 heteroatoms. The molecule has 2 atom stereocenters. The van der Waals surface area contributed by atoms with E-state index in [4.69, 9.17) is 14.2 Å². The summed E-state index contributed by atoms with van der Waals surface area (Å²) >= 11 is 0. The van der Waals surface area contributed by atoms with Crippen molar-refractivity contribution < 1.29 is 24.1 Å². The van der Waals surface area contributed by atoms with E-state index in [1.54, 1.807) is 19.2 Å². The van der Waals surface area contributed by atoms with E-state index in [1.165, 1.54) is 0 Å². The van der Waals surface area contributed by atoms with Crippen molar-refractivity contribution in [3.63, 3.8) is 0 Å². The number of phenols is 1. The second-order valence-electron chi connectivity index (χ2n) is 7.15. The van der Waals surface area contributed by atoms with Crippen LogP contribution >= 0.6 is 0 Å². The summed E-state index contributed by atoms with van der Waals surface area (Å²) in [6, 6.07) is 7.36. The van der Waals surface area contributed by atoms with Crippen LogP contribution < -0.4 is 5.32 Å². The minimum atomic E-state index is -0.417. The Kier molecular flexibility index (Phi) is 6.34. The van der Waals surface area contributed by atoms with Gasteiger partial charge in [0.05, 0.1) is 24.9 Å². The quantitative estimate of drug-likeness (QED) is 0.751. The molecular formula is C19H28N2O5. The summed E-state index contributed by atoms with van der Waals surface area (Å²) in [7, 11) is 1.57. The van der Waals surface area contributed by atoms with Crippen LogP contribution in [0.4, 0.5) is 4.79 Å². The number of alkyl carbamates (subject to hydrolysis) is 1. The van der Waals surface area contributed by atoms with Gasteiger partial charge in [-0.05, 0) is 37.1 Å². The summed E-state index contributed by atoms with van der Waals surface area (Å²) in [5, 5.41) is 12.5. The monoisotopic (exact) mass is 364 g/mol. The third-order valence-corrected chi connectivity index (χ3v) is 4.99. The van der Waals surface area contributed by atoms with Crippen molar-refractivity contribution in [3.05, 3.63) is 29.8 Å². The first-order valence-electron chi connectivity index (χ1n) is 9.15. The lowest BCUT2D eigenvalue weighted by Crippen LogP contribution is -2.48. The lowest BCUT2D eigenvalue weighted by Gasteiger charge is -2.39. The van der Waals surface area contributed by atoms with Crippen molar-refractivity contribution in [1.29, 1.82) is 0 Å². The second kappa shape index (κ2) is 8.70. The van der Waals surface area contributed by atoms with Crippen LogP contribution in [0.2, 0.25) is 0 Å². The van der Waals surface area contributed by atoms with Gasteiger partial charge in [-0.2, -0.15) is 0 Å². The average molecular weight is 364 g/mol. The number of rotatable bonds is 6. The highest BCUT2D eigenvalue weighted by Gasteiger charge is 2.43. The van der Waals surface area contributed by atoms with Crippen LogP contribution in [0, 0.1) is 0 Å². The minimum absolute atomic E-state index is 0.0224. The van der Waals surface area contributed by atoms with Gasteiger partial charge in [-0.25, -0.2) is 4.79 Å². The molecule has 0 aromatic heterocycles. The molecule has 2 fully saturated rings. The molecule has 1 spiro atoms. The number of benzene rings is 1. The highest BCUT2D eigenvalue weighted by atomic mass is 16.6. The Bertz CT molecular complexity index is 611. The number of carbonyl (C=O) groups is 1. The molecule has 1 aromatic carbocycles. The van der Waals surface area contributed by atoms with Gasteiger partial charge in [0.2, 0.25) is 0 Å². The van der Waals surface area contributed by atoms with E-state index in [0.717, 1.165) is 44.5 Å². The van der Waals surface area contributed by atoms with E-state index in [1.807, 2.05) is 12.1 Å². The molecule has 144 valence electrons. The van der Waals surface area contributed by atoms with Gasteiger partial charge in [0.15, 0.2) is 0 Å². The Morgan fingerprint density at radius 1 is 1.46 bits per heavy atom. The maximum atomic E-state index is 11.8. The highest BCUT2D eigenvalue weighted by molar-refractivity contribution is 5.67. The van der Waals surface area contributed by atoms with E-state index in [9.17, 15) is 9.90 Å². The lowest BCUT2D eigenvalue weighted by atomic mass is 9.88. The number of methoxy groups -OCH3 is 1. The molecule has 2 N–H and O–H groups in total. The van der Waals surface area contributed by atoms with Gasteiger partial charge in [-0.3, -0.25) is 4.90 Å². The first-order chi connectivity index (χ1) is 12.6. The Morgan fingerprint density at radius 3 is 3.15 bits per heavy atom. The van der Waals surface area contributed by atoms with Gasteiger partial charge in [0.1, 0.15) is 12.4 Å². The fourth-order valence-corrected chi connectivity index (χ4v) is 3.89. The Labute approximate surface area is 154 Å². The topological polar surface area (TPSA) is 80.3 Å². The maximum absolute atomic E-state index is 11.8. The predicted molar refractivity (Wildman–Crippen MR) is 96.1 cm³/mol. The van der Waals surface area contributed by atoms with Crippen LogP contribution in [-0.4, -0.2) is 67.8 Å². The summed E-state index contributed by atoms with van der Waals surface area (Å²) < 4.78 is 16.1. The first-order valence-corrected chi connectivity index (χ1v) is 9.15. The maximum Gasteiger partial charge on any atom is 0.407 e. The number of amides is 1. The van der Waals surface area contributed by atoms with Gasteiger partial charge >= 0.3 is 6.09 Å². The van der Waals surface area contributed by atoms with Crippen LogP contribution in [0.15, 0.2) is 24.3 Å². The molecule has 2 aliphatic heterocycles. The van der Waals surface area contributed by atoms with E-state index >= 15 is 0 Å². The Balaban J connectivity index is 1.50. The zero-order chi connectivity index (χ0) is 18.4. The SMILES string of the molecule is COCCOC(=O)NC1COC2(CCCN(Cc3cccc(O)c3)C2)C1. The van der Waals surface area contributed by atoms with Crippen molar-refractivity contribution in [3.8, 4) is 5.75 Å². The van der Waals surface area contributed by atoms with Crippen molar-refractivity contribution >= 4 is 6.09 Å². The number of nitrogens with one attached hydrogen (secondary N) is 1. The number of aromatic hydroxyl groups is 1. The molecule has 3 rings (SSSR count). The van der Waals surface area contributed by atoms with Crippen LogP contribution in [0.1, 0.15) is 24.8 Å². The van der Waals surface area contributed by atoms with E-state index in [2.05, 4.69) is 10.2 Å². The number of likely N-dealkylation sites (tertiary alicyclic amines) is 1. The van der Waals surface area contributed by atoms with Crippen molar-refractivity contribution in [2.75, 3.05) is 40.0 Å². The third-order valence-electron chi connectivity index (χ3n) is 4.99. The molecule has 2 unspecified atom stereocenters. The first kappa shape index (κ1) is 18.9. The standard InChI is InChI=1S/C19H28N2O5/c1-24-8-9-25-18(23)20-16-11-19(26-13-16)6-3-7-21(14-19)12-15-4-2-5-17(22)10-15/h2,4-5,10,16,22H,3,6-9,11-14H2,1H3,(H,20,23). The van der Waals surface area contributed by atoms with Gasteiger partial charge in [-0.15, -0.1) is 0 Å². The fraction of sp³-hybridized carbons (Fsp3) is 0.632. The van der Waals surface area contributed by atoms with Gasteiger partial charge in [-0.1, -0.05) is 12.1 Å². The second-order valence-corrected chi connectivity index (χ2v) is 7.15. The third kappa shape index (κ3) is 5.09. The minimum Gasteiger partial charge on any atom is -0.508 e. The molecule has 1 aromatic rings.